The molecule has 0 radical (unpaired) electrons. The SMILES string of the molecule is ClCc1ccccc1N1CCCc2ccccc21. The lowest BCUT2D eigenvalue weighted by Gasteiger charge is -2.32. The number of hydrogen-bond donors (Lipinski definition) is 0. The quantitative estimate of drug-likeness (QED) is 0.716. The van der Waals surface area contributed by atoms with Crippen LogP contribution in [0.25, 0.3) is 0 Å². The number of benzene rings is 2. The third kappa shape index (κ3) is 1.99. The largest absolute Gasteiger partial charge is 0.341 e. The van der Waals surface area contributed by atoms with Gasteiger partial charge in [0.2, 0.25) is 0 Å². The lowest BCUT2D eigenvalue weighted by atomic mass is 10.0. The third-order valence-corrected chi connectivity index (χ3v) is 3.82. The monoisotopic (exact) mass is 257 g/mol. The summed E-state index contributed by atoms with van der Waals surface area (Å²) in [6.45, 7) is 1.07. The van der Waals surface area contributed by atoms with Crippen molar-refractivity contribution in [3.63, 3.8) is 0 Å². The normalized spacial score (nSPS) is 14.4. The Morgan fingerprint density at radius 3 is 2.50 bits per heavy atom. The molecule has 1 nitrogen and oxygen atoms in total. The van der Waals surface area contributed by atoms with Crippen LogP contribution in [-0.2, 0) is 12.3 Å². The molecule has 1 aliphatic rings. The highest BCUT2D eigenvalue weighted by atomic mass is 35.5. The second-order valence-electron chi connectivity index (χ2n) is 4.65. The van der Waals surface area contributed by atoms with E-state index in [1.165, 1.54) is 35.3 Å². The molecule has 1 aliphatic heterocycles. The first kappa shape index (κ1) is 11.6. The zero-order chi connectivity index (χ0) is 12.4. The summed E-state index contributed by atoms with van der Waals surface area (Å²) in [5.41, 5.74) is 5.23. The van der Waals surface area contributed by atoms with E-state index < -0.39 is 0 Å². The molecule has 0 fully saturated rings. The van der Waals surface area contributed by atoms with Crippen molar-refractivity contribution in [2.45, 2.75) is 18.7 Å². The van der Waals surface area contributed by atoms with Crippen molar-refractivity contribution in [1.82, 2.24) is 0 Å². The molecule has 0 saturated carbocycles. The van der Waals surface area contributed by atoms with Crippen LogP contribution in [0.4, 0.5) is 11.4 Å². The van der Waals surface area contributed by atoms with Gasteiger partial charge in [0, 0.05) is 23.8 Å². The maximum absolute atomic E-state index is 6.05. The van der Waals surface area contributed by atoms with Gasteiger partial charge in [0.25, 0.3) is 0 Å². The van der Waals surface area contributed by atoms with E-state index in [1.54, 1.807) is 0 Å². The fraction of sp³-hybridized carbons (Fsp3) is 0.250. The number of anilines is 2. The molecule has 0 aromatic heterocycles. The fourth-order valence-electron chi connectivity index (χ4n) is 2.67. The standard InChI is InChI=1S/C16H16ClN/c17-12-14-7-2-4-10-16(14)18-11-5-8-13-6-1-3-9-15(13)18/h1-4,6-7,9-10H,5,8,11-12H2. The van der Waals surface area contributed by atoms with E-state index in [0.717, 1.165) is 6.54 Å². The molecule has 1 heterocycles. The van der Waals surface area contributed by atoms with Crippen molar-refractivity contribution in [2.24, 2.45) is 0 Å². The second kappa shape index (κ2) is 5.03. The zero-order valence-corrected chi connectivity index (χ0v) is 11.0. The van der Waals surface area contributed by atoms with Gasteiger partial charge >= 0.3 is 0 Å². The molecule has 3 rings (SSSR count). The van der Waals surface area contributed by atoms with Gasteiger partial charge in [0.15, 0.2) is 0 Å². The summed E-state index contributed by atoms with van der Waals surface area (Å²) in [5, 5.41) is 0. The summed E-state index contributed by atoms with van der Waals surface area (Å²) in [4.78, 5) is 2.40. The topological polar surface area (TPSA) is 3.24 Å². The van der Waals surface area contributed by atoms with E-state index >= 15 is 0 Å². The van der Waals surface area contributed by atoms with Gasteiger partial charge < -0.3 is 4.90 Å². The van der Waals surface area contributed by atoms with E-state index in [0.29, 0.717) is 5.88 Å². The summed E-state index contributed by atoms with van der Waals surface area (Å²) >= 11 is 6.05. The predicted molar refractivity (Wildman–Crippen MR) is 77.8 cm³/mol. The van der Waals surface area contributed by atoms with E-state index in [-0.39, 0.29) is 0 Å². The molecule has 0 unspecified atom stereocenters. The summed E-state index contributed by atoms with van der Waals surface area (Å²) in [7, 11) is 0. The van der Waals surface area contributed by atoms with Crippen LogP contribution in [0, 0.1) is 0 Å². The Bertz CT molecular complexity index is 550. The molecular weight excluding hydrogens is 242 g/mol. The van der Waals surface area contributed by atoms with Crippen LogP contribution in [0.15, 0.2) is 48.5 Å². The number of nitrogens with zero attached hydrogens (tertiary/aromatic N) is 1. The minimum absolute atomic E-state index is 0.564. The molecule has 2 aromatic rings. The molecule has 2 heteroatoms. The van der Waals surface area contributed by atoms with Crippen molar-refractivity contribution < 1.29 is 0 Å². The number of alkyl halides is 1. The predicted octanol–water partition coefficient (Wildman–Crippen LogP) is 4.51. The maximum atomic E-state index is 6.05. The Morgan fingerprint density at radius 1 is 0.944 bits per heavy atom. The average Bonchev–Trinajstić information content (AvgIpc) is 2.46. The highest BCUT2D eigenvalue weighted by Crippen LogP contribution is 2.35. The van der Waals surface area contributed by atoms with E-state index in [1.807, 2.05) is 0 Å². The van der Waals surface area contributed by atoms with Gasteiger partial charge in [-0.05, 0) is 36.1 Å². The Morgan fingerprint density at radius 2 is 1.67 bits per heavy atom. The minimum atomic E-state index is 0.564. The van der Waals surface area contributed by atoms with Crippen molar-refractivity contribution in [3.8, 4) is 0 Å². The molecule has 18 heavy (non-hydrogen) atoms. The van der Waals surface area contributed by atoms with E-state index in [9.17, 15) is 0 Å². The van der Waals surface area contributed by atoms with Gasteiger partial charge in [0.05, 0.1) is 0 Å². The Balaban J connectivity index is 2.08. The van der Waals surface area contributed by atoms with Crippen molar-refractivity contribution in [2.75, 3.05) is 11.4 Å². The Hall–Kier alpha value is -1.47. The molecule has 0 spiro atoms. The molecule has 0 atom stereocenters. The van der Waals surface area contributed by atoms with Gasteiger partial charge in [-0.1, -0.05) is 36.4 Å². The Labute approximate surface area is 113 Å². The molecule has 0 aliphatic carbocycles. The number of rotatable bonds is 2. The summed E-state index contributed by atoms with van der Waals surface area (Å²) in [6, 6.07) is 17.1. The third-order valence-electron chi connectivity index (χ3n) is 3.54. The van der Waals surface area contributed by atoms with Crippen molar-refractivity contribution in [1.29, 1.82) is 0 Å². The second-order valence-corrected chi connectivity index (χ2v) is 4.91. The lowest BCUT2D eigenvalue weighted by Crippen LogP contribution is -2.25. The maximum Gasteiger partial charge on any atom is 0.0494 e. The molecule has 92 valence electrons. The first-order valence-corrected chi connectivity index (χ1v) is 6.93. The molecule has 0 N–H and O–H groups in total. The zero-order valence-electron chi connectivity index (χ0n) is 10.3. The van der Waals surface area contributed by atoms with E-state index in [4.69, 9.17) is 11.6 Å². The molecule has 0 saturated heterocycles. The highest BCUT2D eigenvalue weighted by molar-refractivity contribution is 6.17. The summed E-state index contributed by atoms with van der Waals surface area (Å²) in [5.74, 6) is 0.564. The number of halogens is 1. The van der Waals surface area contributed by atoms with Crippen LogP contribution >= 0.6 is 11.6 Å². The van der Waals surface area contributed by atoms with Gasteiger partial charge in [-0.25, -0.2) is 0 Å². The van der Waals surface area contributed by atoms with Gasteiger partial charge in [-0.2, -0.15) is 0 Å². The van der Waals surface area contributed by atoms with Gasteiger partial charge in [-0.3, -0.25) is 0 Å². The molecule has 0 bridgehead atoms. The van der Waals surface area contributed by atoms with E-state index in [2.05, 4.69) is 53.4 Å². The summed E-state index contributed by atoms with van der Waals surface area (Å²) < 4.78 is 0. The Kier molecular flexibility index (Phi) is 3.24. The van der Waals surface area contributed by atoms with Crippen LogP contribution < -0.4 is 4.90 Å². The van der Waals surface area contributed by atoms with Crippen molar-refractivity contribution >= 4 is 23.0 Å². The molecule has 2 aromatic carbocycles. The molecular formula is C16H16ClN. The molecule has 0 amide bonds. The minimum Gasteiger partial charge on any atom is -0.341 e. The van der Waals surface area contributed by atoms with Crippen LogP contribution in [0.3, 0.4) is 0 Å². The van der Waals surface area contributed by atoms with Crippen molar-refractivity contribution in [3.05, 3.63) is 59.7 Å². The number of fused-ring (bicyclic) bond motifs is 1. The first-order valence-electron chi connectivity index (χ1n) is 6.39. The van der Waals surface area contributed by atoms with Gasteiger partial charge in [0.1, 0.15) is 0 Å². The smallest absolute Gasteiger partial charge is 0.0494 e. The first-order chi connectivity index (χ1) is 8.90. The van der Waals surface area contributed by atoms with Crippen LogP contribution in [0.5, 0.6) is 0 Å². The fourth-order valence-corrected chi connectivity index (χ4v) is 2.90. The highest BCUT2D eigenvalue weighted by Gasteiger charge is 2.19. The summed E-state index contributed by atoms with van der Waals surface area (Å²) in [6.07, 6.45) is 2.38. The average molecular weight is 258 g/mol. The van der Waals surface area contributed by atoms with Crippen LogP contribution in [0.2, 0.25) is 0 Å². The number of aryl methyl sites for hydroxylation is 1. The van der Waals surface area contributed by atoms with Crippen LogP contribution in [-0.4, -0.2) is 6.54 Å². The number of para-hydroxylation sites is 2. The van der Waals surface area contributed by atoms with Gasteiger partial charge in [-0.15, -0.1) is 11.6 Å². The lowest BCUT2D eigenvalue weighted by molar-refractivity contribution is 0.765. The number of hydrogen-bond acceptors (Lipinski definition) is 1. The van der Waals surface area contributed by atoms with Crippen LogP contribution in [0.1, 0.15) is 17.5 Å².